The van der Waals surface area contributed by atoms with E-state index >= 15 is 0 Å². The first-order valence-corrected chi connectivity index (χ1v) is 11.8. The minimum absolute atomic E-state index is 0.321. The molecule has 0 unspecified atom stereocenters. The molecule has 4 aromatic rings. The van der Waals surface area contributed by atoms with Crippen molar-refractivity contribution in [2.75, 3.05) is 0 Å². The van der Waals surface area contributed by atoms with Crippen LogP contribution in [0.2, 0.25) is 12.6 Å². The summed E-state index contributed by atoms with van der Waals surface area (Å²) in [5.41, 5.74) is 5.06. The number of rotatable bonds is 4. The predicted molar refractivity (Wildman–Crippen MR) is 139 cm³/mol. The van der Waals surface area contributed by atoms with E-state index in [2.05, 4.69) is 52.0 Å². The lowest BCUT2D eigenvalue weighted by molar-refractivity contribution is 0.177. The highest BCUT2D eigenvalue weighted by molar-refractivity contribution is 6.74. The van der Waals surface area contributed by atoms with Crippen molar-refractivity contribution in [2.45, 2.75) is 40.3 Å². The van der Waals surface area contributed by atoms with Crippen molar-refractivity contribution < 1.29 is 0 Å². The van der Waals surface area contributed by atoms with Gasteiger partial charge in [0.15, 0.2) is 24.2 Å². The Morgan fingerprint density at radius 1 is 0.545 bits per heavy atom. The highest BCUT2D eigenvalue weighted by Gasteiger charge is 2.48. The highest BCUT2D eigenvalue weighted by Crippen LogP contribution is 2.52. The maximum atomic E-state index is 4.90. The van der Waals surface area contributed by atoms with E-state index in [1.54, 1.807) is 0 Å². The van der Waals surface area contributed by atoms with Gasteiger partial charge in [-0.2, -0.15) is 0 Å². The Kier molecular flexibility index (Phi) is 5.40. The van der Waals surface area contributed by atoms with Gasteiger partial charge in [-0.05, 0) is 10.8 Å². The normalized spacial score (nSPS) is 16.7. The van der Waals surface area contributed by atoms with E-state index in [9.17, 15) is 0 Å². The predicted octanol–water partition coefficient (Wildman–Crippen LogP) is 6.64. The molecule has 0 spiro atoms. The van der Waals surface area contributed by atoms with Gasteiger partial charge in [0.1, 0.15) is 0 Å². The average Bonchev–Trinajstić information content (AvgIpc) is 3.07. The van der Waals surface area contributed by atoms with Crippen LogP contribution in [0.1, 0.15) is 27.7 Å². The lowest BCUT2D eigenvalue weighted by Crippen LogP contribution is -2.27. The van der Waals surface area contributed by atoms with Gasteiger partial charge in [0.05, 0.1) is 0 Å². The summed E-state index contributed by atoms with van der Waals surface area (Å²) in [7, 11) is 0. The molecule has 33 heavy (non-hydrogen) atoms. The molecular formula is C29H30BN3. The van der Waals surface area contributed by atoms with Gasteiger partial charge in [-0.3, -0.25) is 0 Å². The van der Waals surface area contributed by atoms with Crippen LogP contribution < -0.4 is 5.46 Å². The van der Waals surface area contributed by atoms with Crippen molar-refractivity contribution in [1.29, 1.82) is 0 Å². The summed E-state index contributed by atoms with van der Waals surface area (Å²) in [6, 6.07) is 29.1. The minimum Gasteiger partial charge on any atom is -0.208 e. The second-order valence-corrected chi connectivity index (χ2v) is 10.5. The van der Waals surface area contributed by atoms with Crippen molar-refractivity contribution in [3.05, 3.63) is 84.9 Å². The molecule has 1 aromatic heterocycles. The minimum atomic E-state index is 0.321. The molecule has 1 saturated heterocycles. The third kappa shape index (κ3) is 4.22. The van der Waals surface area contributed by atoms with E-state index in [1.807, 2.05) is 60.7 Å². The van der Waals surface area contributed by atoms with Crippen molar-refractivity contribution in [1.82, 2.24) is 15.0 Å². The smallest absolute Gasteiger partial charge is 0.177 e. The standard InChI is InChI=1S/C29H30BN3/c1-28(2)19-30(20-29(28,3)4)24-17-11-16-23(18-24)27-32-25(21-12-7-5-8-13-21)31-26(33-27)22-14-9-6-10-15-22/h5-18H,19-20H2,1-4H3. The average molecular weight is 431 g/mol. The van der Waals surface area contributed by atoms with Gasteiger partial charge in [0, 0.05) is 16.7 Å². The summed E-state index contributed by atoms with van der Waals surface area (Å²) in [6.45, 7) is 10.2. The van der Waals surface area contributed by atoms with Crippen molar-refractivity contribution in [2.24, 2.45) is 10.8 Å². The molecule has 0 radical (unpaired) electrons. The fourth-order valence-corrected chi connectivity index (χ4v) is 4.96. The van der Waals surface area contributed by atoms with Gasteiger partial charge < -0.3 is 0 Å². The van der Waals surface area contributed by atoms with Gasteiger partial charge in [0.2, 0.25) is 0 Å². The van der Waals surface area contributed by atoms with Gasteiger partial charge in [0.25, 0.3) is 0 Å². The first-order valence-electron chi connectivity index (χ1n) is 11.8. The quantitative estimate of drug-likeness (QED) is 0.340. The lowest BCUT2D eigenvalue weighted by atomic mass is 9.42. The molecule has 5 rings (SSSR count). The first kappa shape index (κ1) is 21.6. The Morgan fingerprint density at radius 2 is 0.970 bits per heavy atom. The molecule has 0 aliphatic carbocycles. The van der Waals surface area contributed by atoms with Crippen molar-refractivity contribution >= 4 is 12.2 Å². The second-order valence-electron chi connectivity index (χ2n) is 10.5. The molecule has 0 saturated carbocycles. The third-order valence-corrected chi connectivity index (χ3v) is 7.66. The second kappa shape index (κ2) is 8.26. The molecule has 0 atom stereocenters. The number of nitrogens with zero attached hydrogens (tertiary/aromatic N) is 3. The Hall–Kier alpha value is -3.27. The molecule has 1 fully saturated rings. The van der Waals surface area contributed by atoms with E-state index < -0.39 is 0 Å². The lowest BCUT2D eigenvalue weighted by Gasteiger charge is -2.35. The highest BCUT2D eigenvalue weighted by atomic mass is 15.0. The van der Waals surface area contributed by atoms with Crippen LogP contribution in [0.3, 0.4) is 0 Å². The van der Waals surface area contributed by atoms with Gasteiger partial charge in [-0.1, -0.05) is 131 Å². The zero-order valence-corrected chi connectivity index (χ0v) is 19.9. The molecule has 3 aromatic carbocycles. The van der Waals surface area contributed by atoms with Crippen LogP contribution in [0, 0.1) is 10.8 Å². The summed E-state index contributed by atoms with van der Waals surface area (Å²) in [5, 5.41) is 0. The van der Waals surface area contributed by atoms with Crippen LogP contribution in [0.4, 0.5) is 0 Å². The molecule has 0 amide bonds. The van der Waals surface area contributed by atoms with E-state index in [-0.39, 0.29) is 0 Å². The van der Waals surface area contributed by atoms with E-state index in [0.29, 0.717) is 29.2 Å². The van der Waals surface area contributed by atoms with Crippen LogP contribution in [0.5, 0.6) is 0 Å². The molecule has 164 valence electrons. The number of hydrogen-bond acceptors (Lipinski definition) is 3. The molecule has 2 heterocycles. The zero-order chi connectivity index (χ0) is 23.1. The molecule has 4 heteroatoms. The summed E-state index contributed by atoms with van der Waals surface area (Å²) >= 11 is 0. The first-order chi connectivity index (χ1) is 15.8. The zero-order valence-electron chi connectivity index (χ0n) is 19.9. The molecule has 3 nitrogen and oxygen atoms in total. The van der Waals surface area contributed by atoms with Crippen molar-refractivity contribution in [3.63, 3.8) is 0 Å². The van der Waals surface area contributed by atoms with E-state index in [0.717, 1.165) is 22.5 Å². The summed E-state index contributed by atoms with van der Waals surface area (Å²) in [5.74, 6) is 2.13. The number of aromatic nitrogens is 3. The van der Waals surface area contributed by atoms with Crippen LogP contribution in [0.25, 0.3) is 34.2 Å². The van der Waals surface area contributed by atoms with Crippen LogP contribution in [-0.2, 0) is 0 Å². The molecule has 1 aliphatic heterocycles. The fraction of sp³-hybridized carbons (Fsp3) is 0.276. The largest absolute Gasteiger partial charge is 0.208 e. The van der Waals surface area contributed by atoms with Crippen molar-refractivity contribution in [3.8, 4) is 34.2 Å². The maximum absolute atomic E-state index is 4.90. The summed E-state index contributed by atoms with van der Waals surface area (Å²) in [6.07, 6.45) is 2.40. The SMILES string of the molecule is CC1(C)CB(c2cccc(-c3nc(-c4ccccc4)nc(-c4ccccc4)n3)c2)CC1(C)C. The Morgan fingerprint density at radius 3 is 1.45 bits per heavy atom. The van der Waals surface area contributed by atoms with Gasteiger partial charge in [-0.15, -0.1) is 0 Å². The van der Waals surface area contributed by atoms with Crippen LogP contribution >= 0.6 is 0 Å². The van der Waals surface area contributed by atoms with Gasteiger partial charge in [-0.25, -0.2) is 15.0 Å². The number of hydrogen-bond donors (Lipinski definition) is 0. The Labute approximate surface area is 197 Å². The van der Waals surface area contributed by atoms with Gasteiger partial charge >= 0.3 is 0 Å². The van der Waals surface area contributed by atoms with E-state index in [4.69, 9.17) is 15.0 Å². The Balaban J connectivity index is 1.59. The fourth-order valence-electron chi connectivity index (χ4n) is 4.96. The van der Waals surface area contributed by atoms with Crippen LogP contribution in [-0.4, -0.2) is 21.7 Å². The topological polar surface area (TPSA) is 38.7 Å². The Bertz CT molecular complexity index is 1190. The third-order valence-electron chi connectivity index (χ3n) is 7.66. The molecule has 0 bridgehead atoms. The van der Waals surface area contributed by atoms with Crippen LogP contribution in [0.15, 0.2) is 84.9 Å². The summed E-state index contributed by atoms with van der Waals surface area (Å²) < 4.78 is 0. The number of benzene rings is 3. The van der Waals surface area contributed by atoms with E-state index in [1.165, 1.54) is 18.1 Å². The summed E-state index contributed by atoms with van der Waals surface area (Å²) in [4.78, 5) is 14.6. The molecule has 0 N–H and O–H groups in total. The molecular weight excluding hydrogens is 401 g/mol. The monoisotopic (exact) mass is 431 g/mol. The molecule has 1 aliphatic rings. The maximum Gasteiger partial charge on any atom is 0.177 e.